The molecule has 0 bridgehead atoms. The van der Waals surface area contributed by atoms with Crippen molar-refractivity contribution in [2.24, 2.45) is 7.05 Å². The molecular weight excluding hydrogens is 234 g/mol. The molecular formula is C13H16ClN3. The van der Waals surface area contributed by atoms with Crippen molar-refractivity contribution in [2.45, 2.75) is 19.5 Å². The van der Waals surface area contributed by atoms with Crippen LogP contribution in [0.2, 0.25) is 5.02 Å². The van der Waals surface area contributed by atoms with Gasteiger partial charge in [-0.3, -0.25) is 4.68 Å². The third-order valence-corrected chi connectivity index (χ3v) is 2.94. The summed E-state index contributed by atoms with van der Waals surface area (Å²) < 4.78 is 1.81. The summed E-state index contributed by atoms with van der Waals surface area (Å²) in [6.07, 6.45) is 1.95. The number of aromatic nitrogens is 2. The summed E-state index contributed by atoms with van der Waals surface area (Å²) in [6.45, 7) is 2.88. The van der Waals surface area contributed by atoms with Crippen LogP contribution in [0.3, 0.4) is 0 Å². The van der Waals surface area contributed by atoms with Crippen molar-refractivity contribution in [3.05, 3.63) is 52.8 Å². The lowest BCUT2D eigenvalue weighted by molar-refractivity contribution is 0.562. The zero-order valence-electron chi connectivity index (χ0n) is 10.0. The minimum Gasteiger partial charge on any atom is -0.304 e. The van der Waals surface area contributed by atoms with Crippen molar-refractivity contribution in [3.63, 3.8) is 0 Å². The number of rotatable bonds is 4. The summed E-state index contributed by atoms with van der Waals surface area (Å²) in [5, 5.41) is 8.52. The summed E-state index contributed by atoms with van der Waals surface area (Å²) in [6, 6.07) is 10.2. The summed E-state index contributed by atoms with van der Waals surface area (Å²) in [5.41, 5.74) is 2.23. The number of halogens is 1. The van der Waals surface area contributed by atoms with Crippen LogP contribution in [0.15, 0.2) is 36.5 Å². The van der Waals surface area contributed by atoms with E-state index in [1.807, 2.05) is 37.5 Å². The highest BCUT2D eigenvalue weighted by molar-refractivity contribution is 6.30. The fraction of sp³-hybridized carbons (Fsp3) is 0.308. The monoisotopic (exact) mass is 249 g/mol. The van der Waals surface area contributed by atoms with E-state index in [0.717, 1.165) is 17.3 Å². The van der Waals surface area contributed by atoms with Gasteiger partial charge in [-0.25, -0.2) is 0 Å². The van der Waals surface area contributed by atoms with E-state index >= 15 is 0 Å². The van der Waals surface area contributed by atoms with Crippen LogP contribution in [0, 0.1) is 0 Å². The van der Waals surface area contributed by atoms with Gasteiger partial charge in [0, 0.05) is 30.9 Å². The summed E-state index contributed by atoms with van der Waals surface area (Å²) >= 11 is 5.97. The second kappa shape index (κ2) is 5.34. The highest BCUT2D eigenvalue weighted by Gasteiger charge is 2.06. The molecule has 2 aromatic rings. The summed E-state index contributed by atoms with van der Waals surface area (Å²) in [5.74, 6) is 0. The van der Waals surface area contributed by atoms with Crippen LogP contribution in [0.1, 0.15) is 24.2 Å². The molecule has 0 spiro atoms. The maximum Gasteiger partial charge on any atom is 0.0762 e. The van der Waals surface area contributed by atoms with Crippen molar-refractivity contribution in [1.29, 1.82) is 0 Å². The molecule has 0 saturated carbocycles. The molecule has 1 N–H and O–H groups in total. The van der Waals surface area contributed by atoms with E-state index in [1.54, 1.807) is 4.68 Å². The molecule has 1 heterocycles. The maximum absolute atomic E-state index is 5.97. The molecule has 3 nitrogen and oxygen atoms in total. The predicted octanol–water partition coefficient (Wildman–Crippen LogP) is 2.92. The fourth-order valence-electron chi connectivity index (χ4n) is 1.71. The van der Waals surface area contributed by atoms with E-state index in [-0.39, 0.29) is 6.04 Å². The highest BCUT2D eigenvalue weighted by Crippen LogP contribution is 2.17. The molecule has 1 atom stereocenters. The predicted molar refractivity (Wildman–Crippen MR) is 69.9 cm³/mol. The molecule has 4 heteroatoms. The molecule has 0 aliphatic carbocycles. The first kappa shape index (κ1) is 12.1. The molecule has 0 unspecified atom stereocenters. The third-order valence-electron chi connectivity index (χ3n) is 2.71. The van der Waals surface area contributed by atoms with Crippen molar-refractivity contribution in [1.82, 2.24) is 15.1 Å². The Balaban J connectivity index is 1.95. The van der Waals surface area contributed by atoms with Crippen LogP contribution in [0.25, 0.3) is 0 Å². The van der Waals surface area contributed by atoms with Gasteiger partial charge in [-0.1, -0.05) is 23.7 Å². The Kier molecular flexibility index (Phi) is 3.82. The van der Waals surface area contributed by atoms with Crippen LogP contribution in [-0.2, 0) is 13.6 Å². The average Bonchev–Trinajstić information content (AvgIpc) is 2.72. The van der Waals surface area contributed by atoms with E-state index in [0.29, 0.717) is 0 Å². The van der Waals surface area contributed by atoms with Gasteiger partial charge < -0.3 is 5.32 Å². The van der Waals surface area contributed by atoms with E-state index in [9.17, 15) is 0 Å². The first-order chi connectivity index (χ1) is 8.15. The average molecular weight is 250 g/mol. The first-order valence-corrected chi connectivity index (χ1v) is 6.00. The zero-order valence-corrected chi connectivity index (χ0v) is 10.8. The van der Waals surface area contributed by atoms with Crippen LogP contribution < -0.4 is 5.32 Å². The van der Waals surface area contributed by atoms with E-state index in [1.165, 1.54) is 5.56 Å². The van der Waals surface area contributed by atoms with E-state index in [4.69, 9.17) is 11.6 Å². The molecule has 0 saturated heterocycles. The molecule has 2 rings (SSSR count). The largest absolute Gasteiger partial charge is 0.304 e. The van der Waals surface area contributed by atoms with Gasteiger partial charge in [-0.15, -0.1) is 0 Å². The normalized spacial score (nSPS) is 12.6. The standard InChI is InChI=1S/C13H16ClN3/c1-10(11-4-3-5-12(14)8-11)15-9-13-6-7-17(2)16-13/h3-8,10,15H,9H2,1-2H3/t10-/m0/s1. The Morgan fingerprint density at radius 3 is 2.88 bits per heavy atom. The minimum absolute atomic E-state index is 0.260. The number of benzene rings is 1. The molecule has 0 aliphatic heterocycles. The Morgan fingerprint density at radius 1 is 1.41 bits per heavy atom. The van der Waals surface area contributed by atoms with Crippen molar-refractivity contribution < 1.29 is 0 Å². The van der Waals surface area contributed by atoms with Gasteiger partial charge in [0.05, 0.1) is 5.69 Å². The number of hydrogen-bond acceptors (Lipinski definition) is 2. The summed E-state index contributed by atoms with van der Waals surface area (Å²) in [4.78, 5) is 0. The van der Waals surface area contributed by atoms with Crippen LogP contribution in [0.4, 0.5) is 0 Å². The highest BCUT2D eigenvalue weighted by atomic mass is 35.5. The number of aryl methyl sites for hydroxylation is 1. The lowest BCUT2D eigenvalue weighted by atomic mass is 10.1. The molecule has 17 heavy (non-hydrogen) atoms. The smallest absolute Gasteiger partial charge is 0.0762 e. The SMILES string of the molecule is C[C@H](NCc1ccn(C)n1)c1cccc(Cl)c1. The molecule has 1 aromatic heterocycles. The van der Waals surface area contributed by atoms with Gasteiger partial charge in [-0.05, 0) is 30.7 Å². The van der Waals surface area contributed by atoms with E-state index < -0.39 is 0 Å². The van der Waals surface area contributed by atoms with Gasteiger partial charge >= 0.3 is 0 Å². The van der Waals surface area contributed by atoms with Gasteiger partial charge in [-0.2, -0.15) is 5.10 Å². The molecule has 0 amide bonds. The zero-order chi connectivity index (χ0) is 12.3. The molecule has 90 valence electrons. The van der Waals surface area contributed by atoms with Crippen molar-refractivity contribution in [3.8, 4) is 0 Å². The Morgan fingerprint density at radius 2 is 2.24 bits per heavy atom. The van der Waals surface area contributed by atoms with E-state index in [2.05, 4.69) is 23.4 Å². The van der Waals surface area contributed by atoms with Gasteiger partial charge in [0.2, 0.25) is 0 Å². The molecule has 1 aromatic carbocycles. The topological polar surface area (TPSA) is 29.9 Å². The third kappa shape index (κ3) is 3.32. The second-order valence-corrected chi connectivity index (χ2v) is 4.57. The number of hydrogen-bond donors (Lipinski definition) is 1. The van der Waals surface area contributed by atoms with Crippen molar-refractivity contribution in [2.75, 3.05) is 0 Å². The van der Waals surface area contributed by atoms with Gasteiger partial charge in [0.15, 0.2) is 0 Å². The lowest BCUT2D eigenvalue weighted by Crippen LogP contribution is -2.18. The van der Waals surface area contributed by atoms with Crippen molar-refractivity contribution >= 4 is 11.6 Å². The molecule has 0 radical (unpaired) electrons. The van der Waals surface area contributed by atoms with Gasteiger partial charge in [0.1, 0.15) is 0 Å². The first-order valence-electron chi connectivity index (χ1n) is 5.62. The maximum atomic E-state index is 5.97. The minimum atomic E-state index is 0.260. The number of nitrogens with one attached hydrogen (secondary N) is 1. The Labute approximate surface area is 106 Å². The molecule has 0 fully saturated rings. The lowest BCUT2D eigenvalue weighted by Gasteiger charge is -2.13. The second-order valence-electron chi connectivity index (χ2n) is 4.14. The summed E-state index contributed by atoms with van der Waals surface area (Å²) in [7, 11) is 1.92. The van der Waals surface area contributed by atoms with Crippen LogP contribution in [-0.4, -0.2) is 9.78 Å². The Bertz CT molecular complexity index is 493. The Hall–Kier alpha value is -1.32. The number of nitrogens with zero attached hydrogens (tertiary/aromatic N) is 2. The van der Waals surface area contributed by atoms with Crippen LogP contribution >= 0.6 is 11.6 Å². The quantitative estimate of drug-likeness (QED) is 0.903. The fourth-order valence-corrected chi connectivity index (χ4v) is 1.91. The van der Waals surface area contributed by atoms with Gasteiger partial charge in [0.25, 0.3) is 0 Å². The van der Waals surface area contributed by atoms with Crippen LogP contribution in [0.5, 0.6) is 0 Å². The molecule has 0 aliphatic rings.